The Labute approximate surface area is 214 Å². The zero-order valence-electron chi connectivity index (χ0n) is 19.7. The molecule has 0 radical (unpaired) electrons. The molecule has 1 amide bonds. The SMILES string of the molecule is CCOC(=O)C(CS(=O)c1ccc(Oc2ccccc2)cc1)(NC(=O)OCc1ccccc1)C(F)(F)F. The lowest BCUT2D eigenvalue weighted by Crippen LogP contribution is -2.67. The van der Waals surface area contributed by atoms with Gasteiger partial charge in [0.15, 0.2) is 0 Å². The molecule has 0 fully saturated rings. The maximum absolute atomic E-state index is 14.3. The van der Waals surface area contributed by atoms with E-state index in [0.717, 1.165) is 0 Å². The average molecular weight is 536 g/mol. The van der Waals surface area contributed by atoms with Crippen LogP contribution in [0.1, 0.15) is 12.5 Å². The summed E-state index contributed by atoms with van der Waals surface area (Å²) in [5.41, 5.74) is -3.09. The van der Waals surface area contributed by atoms with Crippen LogP contribution in [0.2, 0.25) is 0 Å². The summed E-state index contributed by atoms with van der Waals surface area (Å²) in [7, 11) is -2.38. The van der Waals surface area contributed by atoms with Gasteiger partial charge in [0.25, 0.3) is 0 Å². The van der Waals surface area contributed by atoms with Crippen molar-refractivity contribution in [2.75, 3.05) is 12.4 Å². The number of benzene rings is 3. The van der Waals surface area contributed by atoms with Crippen LogP contribution in [0.5, 0.6) is 11.5 Å². The summed E-state index contributed by atoms with van der Waals surface area (Å²) in [6.07, 6.45) is -6.87. The number of hydrogen-bond donors (Lipinski definition) is 1. The van der Waals surface area contributed by atoms with Crippen molar-refractivity contribution in [2.24, 2.45) is 0 Å². The Morgan fingerprint density at radius 1 is 0.838 bits per heavy atom. The molecule has 7 nitrogen and oxygen atoms in total. The predicted octanol–water partition coefficient (Wildman–Crippen LogP) is 5.38. The van der Waals surface area contributed by atoms with Gasteiger partial charge in [-0.1, -0.05) is 48.5 Å². The first-order valence-electron chi connectivity index (χ1n) is 11.1. The van der Waals surface area contributed by atoms with Crippen molar-refractivity contribution in [1.82, 2.24) is 5.32 Å². The zero-order chi connectivity index (χ0) is 26.9. The normalized spacial score (nSPS) is 13.6. The lowest BCUT2D eigenvalue weighted by molar-refractivity contribution is -0.206. The third-order valence-corrected chi connectivity index (χ3v) is 6.54. The van der Waals surface area contributed by atoms with Crippen molar-refractivity contribution in [2.45, 2.75) is 30.1 Å². The number of hydrogen-bond acceptors (Lipinski definition) is 6. The van der Waals surface area contributed by atoms with Crippen molar-refractivity contribution in [1.29, 1.82) is 0 Å². The number of carbonyl (C=O) groups excluding carboxylic acids is 2. The number of esters is 1. The lowest BCUT2D eigenvalue weighted by atomic mass is 10.0. The Bertz CT molecular complexity index is 1210. The molecule has 196 valence electrons. The van der Waals surface area contributed by atoms with E-state index in [9.17, 15) is 27.0 Å². The van der Waals surface area contributed by atoms with E-state index in [4.69, 9.17) is 9.47 Å². The molecular weight excluding hydrogens is 511 g/mol. The van der Waals surface area contributed by atoms with E-state index >= 15 is 0 Å². The molecule has 0 heterocycles. The van der Waals surface area contributed by atoms with Gasteiger partial charge in [-0.25, -0.2) is 9.59 Å². The number of carbonyl (C=O) groups is 2. The molecule has 0 bridgehead atoms. The topological polar surface area (TPSA) is 90.9 Å². The highest BCUT2D eigenvalue weighted by atomic mass is 32.2. The summed E-state index contributed by atoms with van der Waals surface area (Å²) in [6.45, 7) is 0.583. The molecule has 0 aliphatic carbocycles. The summed E-state index contributed by atoms with van der Waals surface area (Å²) in [5.74, 6) is -2.22. The van der Waals surface area contributed by atoms with Gasteiger partial charge in [-0.2, -0.15) is 13.2 Å². The van der Waals surface area contributed by atoms with E-state index in [-0.39, 0.29) is 11.5 Å². The van der Waals surface area contributed by atoms with E-state index in [1.807, 2.05) is 0 Å². The third-order valence-electron chi connectivity index (χ3n) is 5.05. The monoisotopic (exact) mass is 535 g/mol. The molecule has 0 aliphatic heterocycles. The van der Waals surface area contributed by atoms with Crippen LogP contribution in [0.15, 0.2) is 89.8 Å². The highest BCUT2D eigenvalue weighted by Crippen LogP contribution is 2.34. The fourth-order valence-corrected chi connectivity index (χ4v) is 4.52. The first kappa shape index (κ1) is 27.7. The van der Waals surface area contributed by atoms with Crippen LogP contribution in [-0.2, 0) is 31.7 Å². The number of para-hydroxylation sites is 1. The van der Waals surface area contributed by atoms with Crippen molar-refractivity contribution in [3.63, 3.8) is 0 Å². The Balaban J connectivity index is 1.80. The lowest BCUT2D eigenvalue weighted by Gasteiger charge is -2.33. The number of rotatable bonds is 10. The van der Waals surface area contributed by atoms with Crippen molar-refractivity contribution in [3.05, 3.63) is 90.5 Å². The van der Waals surface area contributed by atoms with Crippen molar-refractivity contribution < 1.29 is 41.2 Å². The molecule has 37 heavy (non-hydrogen) atoms. The minimum Gasteiger partial charge on any atom is -0.464 e. The second kappa shape index (κ2) is 12.4. The van der Waals surface area contributed by atoms with Gasteiger partial charge in [-0.15, -0.1) is 0 Å². The molecule has 2 unspecified atom stereocenters. The number of halogens is 3. The molecule has 0 saturated heterocycles. The van der Waals surface area contributed by atoms with Gasteiger partial charge in [-0.05, 0) is 48.9 Å². The van der Waals surface area contributed by atoms with E-state index in [1.54, 1.807) is 66.0 Å². The second-order valence-electron chi connectivity index (χ2n) is 7.69. The van der Waals surface area contributed by atoms with Gasteiger partial charge in [0, 0.05) is 4.90 Å². The highest BCUT2D eigenvalue weighted by Gasteiger charge is 2.64. The van der Waals surface area contributed by atoms with Gasteiger partial charge < -0.3 is 14.2 Å². The summed E-state index contributed by atoms with van der Waals surface area (Å²) in [5, 5.41) is 1.59. The molecule has 0 saturated carbocycles. The van der Waals surface area contributed by atoms with E-state index in [2.05, 4.69) is 4.74 Å². The van der Waals surface area contributed by atoms with Crippen LogP contribution in [0, 0.1) is 0 Å². The Hall–Kier alpha value is -3.86. The predicted molar refractivity (Wildman–Crippen MR) is 129 cm³/mol. The van der Waals surface area contributed by atoms with E-state index in [0.29, 0.717) is 17.1 Å². The van der Waals surface area contributed by atoms with Gasteiger partial charge >= 0.3 is 18.2 Å². The average Bonchev–Trinajstić information content (AvgIpc) is 2.88. The molecular formula is C26H24F3NO6S. The molecule has 3 aromatic rings. The quantitative estimate of drug-likeness (QED) is 0.351. The fourth-order valence-electron chi connectivity index (χ4n) is 3.17. The minimum absolute atomic E-state index is 0.0159. The molecule has 2 atom stereocenters. The van der Waals surface area contributed by atoms with Gasteiger partial charge in [0.1, 0.15) is 18.1 Å². The molecule has 3 rings (SSSR count). The summed E-state index contributed by atoms with van der Waals surface area (Å²) < 4.78 is 71.2. The fraction of sp³-hybridized carbons (Fsp3) is 0.231. The molecule has 3 aromatic carbocycles. The van der Waals surface area contributed by atoms with E-state index in [1.165, 1.54) is 31.2 Å². The minimum atomic E-state index is -5.35. The van der Waals surface area contributed by atoms with Crippen LogP contribution in [0.4, 0.5) is 18.0 Å². The van der Waals surface area contributed by atoms with Crippen LogP contribution in [0.25, 0.3) is 0 Å². The van der Waals surface area contributed by atoms with Gasteiger partial charge in [-0.3, -0.25) is 9.53 Å². The molecule has 0 aliphatic rings. The van der Waals surface area contributed by atoms with Crippen LogP contribution < -0.4 is 10.1 Å². The van der Waals surface area contributed by atoms with E-state index < -0.39 is 46.9 Å². The zero-order valence-corrected chi connectivity index (χ0v) is 20.5. The number of nitrogens with one attached hydrogen (secondary N) is 1. The molecule has 0 spiro atoms. The maximum atomic E-state index is 14.3. The number of alkyl carbamates (subject to hydrolysis) is 1. The summed E-state index contributed by atoms with van der Waals surface area (Å²) >= 11 is 0. The van der Waals surface area contributed by atoms with Crippen molar-refractivity contribution >= 4 is 22.9 Å². The Kier molecular flexibility index (Phi) is 9.29. The molecule has 1 N–H and O–H groups in total. The third kappa shape index (κ3) is 7.32. The number of ether oxygens (including phenoxy) is 3. The van der Waals surface area contributed by atoms with Gasteiger partial charge in [0.05, 0.1) is 23.2 Å². The maximum Gasteiger partial charge on any atom is 0.423 e. The van der Waals surface area contributed by atoms with Crippen LogP contribution >= 0.6 is 0 Å². The summed E-state index contributed by atoms with van der Waals surface area (Å²) in [4.78, 5) is 24.9. The Morgan fingerprint density at radius 3 is 1.97 bits per heavy atom. The first-order valence-corrected chi connectivity index (χ1v) is 12.4. The molecule has 0 aromatic heterocycles. The second-order valence-corrected chi connectivity index (χ2v) is 9.14. The number of amides is 1. The standard InChI is InChI=1S/C26H24F3NO6S/c1-2-34-23(31)25(26(27,28)29,30-24(32)35-17-19-9-5-3-6-10-19)18-37(33)22-15-13-21(14-16-22)36-20-11-7-4-8-12-20/h3-16H,2,17-18H2,1H3,(H,30,32). The highest BCUT2D eigenvalue weighted by molar-refractivity contribution is 7.85. The largest absolute Gasteiger partial charge is 0.464 e. The first-order chi connectivity index (χ1) is 17.6. The van der Waals surface area contributed by atoms with Crippen molar-refractivity contribution in [3.8, 4) is 11.5 Å². The van der Waals surface area contributed by atoms with Crippen LogP contribution in [-0.4, -0.2) is 40.3 Å². The molecule has 11 heteroatoms. The van der Waals surface area contributed by atoms with Crippen LogP contribution in [0.3, 0.4) is 0 Å². The van der Waals surface area contributed by atoms with Gasteiger partial charge in [0.2, 0.25) is 5.54 Å². The summed E-state index contributed by atoms with van der Waals surface area (Å²) in [6, 6.07) is 22.5. The smallest absolute Gasteiger partial charge is 0.423 e. The Morgan fingerprint density at radius 2 is 1.41 bits per heavy atom. The number of alkyl halides is 3.